The molecular formula is C14H21ClN2O3. The molecule has 1 amide bonds. The minimum absolute atomic E-state index is 0.101. The zero-order chi connectivity index (χ0) is 15.1. The summed E-state index contributed by atoms with van der Waals surface area (Å²) in [7, 11) is 1.58. The van der Waals surface area contributed by atoms with Gasteiger partial charge in [0.15, 0.2) is 6.10 Å². The molecule has 0 heterocycles. The van der Waals surface area contributed by atoms with Crippen LogP contribution in [0.15, 0.2) is 18.2 Å². The molecule has 0 aliphatic rings. The monoisotopic (exact) mass is 300 g/mol. The van der Waals surface area contributed by atoms with Gasteiger partial charge in [-0.2, -0.15) is 0 Å². The lowest BCUT2D eigenvalue weighted by atomic mass is 10.1. The molecule has 2 atom stereocenters. The standard InChI is InChI=1S/C14H21ClN2O3/c1-9(16)11-4-5-13(12(15)8-11)20-10(2)14(18)17-6-7-19-3/h4-5,8-10H,6-7,16H2,1-3H3,(H,17,18)/t9-,10?/m1/s1. The van der Waals surface area contributed by atoms with Crippen molar-refractivity contribution in [3.8, 4) is 5.75 Å². The highest BCUT2D eigenvalue weighted by Gasteiger charge is 2.16. The zero-order valence-corrected chi connectivity index (χ0v) is 12.7. The van der Waals surface area contributed by atoms with Gasteiger partial charge in [0, 0.05) is 19.7 Å². The Balaban J connectivity index is 2.61. The number of halogens is 1. The van der Waals surface area contributed by atoms with Crippen molar-refractivity contribution in [2.24, 2.45) is 5.73 Å². The van der Waals surface area contributed by atoms with Crippen LogP contribution in [0.4, 0.5) is 0 Å². The lowest BCUT2D eigenvalue weighted by molar-refractivity contribution is -0.127. The Bertz CT molecular complexity index is 452. The number of amides is 1. The van der Waals surface area contributed by atoms with E-state index in [1.807, 2.05) is 13.0 Å². The predicted octanol–water partition coefficient (Wildman–Crippen LogP) is 1.89. The van der Waals surface area contributed by atoms with Crippen LogP contribution in [0, 0.1) is 0 Å². The SMILES string of the molecule is COCCNC(=O)C(C)Oc1ccc([C@@H](C)N)cc1Cl. The second-order valence-corrected chi connectivity index (χ2v) is 4.93. The summed E-state index contributed by atoms with van der Waals surface area (Å²) in [5.74, 6) is 0.250. The molecule has 0 saturated carbocycles. The first-order valence-corrected chi connectivity index (χ1v) is 6.81. The topological polar surface area (TPSA) is 73.6 Å². The summed E-state index contributed by atoms with van der Waals surface area (Å²) >= 11 is 6.12. The van der Waals surface area contributed by atoms with E-state index < -0.39 is 6.10 Å². The maximum absolute atomic E-state index is 11.8. The molecule has 0 bridgehead atoms. The van der Waals surface area contributed by atoms with Gasteiger partial charge in [0.2, 0.25) is 0 Å². The Morgan fingerprint density at radius 3 is 2.70 bits per heavy atom. The fraction of sp³-hybridized carbons (Fsp3) is 0.500. The van der Waals surface area contributed by atoms with Crippen molar-refractivity contribution in [3.63, 3.8) is 0 Å². The zero-order valence-electron chi connectivity index (χ0n) is 12.0. The van der Waals surface area contributed by atoms with Crippen LogP contribution in [-0.2, 0) is 9.53 Å². The largest absolute Gasteiger partial charge is 0.479 e. The van der Waals surface area contributed by atoms with E-state index in [4.69, 9.17) is 26.8 Å². The van der Waals surface area contributed by atoms with Crippen molar-refractivity contribution in [2.75, 3.05) is 20.3 Å². The molecule has 1 unspecified atom stereocenters. The fourth-order valence-corrected chi connectivity index (χ4v) is 1.79. The van der Waals surface area contributed by atoms with Crippen molar-refractivity contribution in [3.05, 3.63) is 28.8 Å². The normalized spacial score (nSPS) is 13.7. The van der Waals surface area contributed by atoms with Crippen LogP contribution in [0.25, 0.3) is 0 Å². The summed E-state index contributed by atoms with van der Waals surface area (Å²) in [5, 5.41) is 3.14. The molecule has 5 nitrogen and oxygen atoms in total. The highest BCUT2D eigenvalue weighted by Crippen LogP contribution is 2.28. The molecular weight excluding hydrogens is 280 g/mol. The smallest absolute Gasteiger partial charge is 0.260 e. The summed E-state index contributed by atoms with van der Waals surface area (Å²) in [4.78, 5) is 11.8. The molecule has 0 aromatic heterocycles. The van der Waals surface area contributed by atoms with Crippen molar-refractivity contribution in [1.29, 1.82) is 0 Å². The second-order valence-electron chi connectivity index (χ2n) is 4.52. The number of nitrogens with one attached hydrogen (secondary N) is 1. The second kappa shape index (κ2) is 8.09. The summed E-state index contributed by atoms with van der Waals surface area (Å²) in [5.41, 5.74) is 6.69. The van der Waals surface area contributed by atoms with Crippen LogP contribution < -0.4 is 15.8 Å². The van der Waals surface area contributed by atoms with E-state index in [9.17, 15) is 4.79 Å². The molecule has 0 radical (unpaired) electrons. The first kappa shape index (κ1) is 16.8. The van der Waals surface area contributed by atoms with Gasteiger partial charge in [-0.15, -0.1) is 0 Å². The van der Waals surface area contributed by atoms with Crippen molar-refractivity contribution < 1.29 is 14.3 Å². The fourth-order valence-electron chi connectivity index (χ4n) is 1.56. The van der Waals surface area contributed by atoms with Gasteiger partial charge in [-0.25, -0.2) is 0 Å². The van der Waals surface area contributed by atoms with E-state index in [2.05, 4.69) is 5.32 Å². The molecule has 1 rings (SSSR count). The quantitative estimate of drug-likeness (QED) is 0.754. The van der Waals surface area contributed by atoms with Crippen molar-refractivity contribution in [1.82, 2.24) is 5.32 Å². The Hall–Kier alpha value is -1.30. The summed E-state index contributed by atoms with van der Waals surface area (Å²) in [6, 6.07) is 5.20. The number of carbonyl (C=O) groups excluding carboxylic acids is 1. The van der Waals surface area contributed by atoms with Crippen LogP contribution in [0.3, 0.4) is 0 Å². The van der Waals surface area contributed by atoms with Gasteiger partial charge in [-0.1, -0.05) is 17.7 Å². The first-order chi connectivity index (χ1) is 9.45. The average molecular weight is 301 g/mol. The molecule has 1 aromatic rings. The third-order valence-electron chi connectivity index (χ3n) is 2.76. The number of nitrogens with two attached hydrogens (primary N) is 1. The molecule has 0 saturated heterocycles. The number of carbonyl (C=O) groups is 1. The number of rotatable bonds is 7. The maximum Gasteiger partial charge on any atom is 0.260 e. The maximum atomic E-state index is 11.8. The van der Waals surface area contributed by atoms with E-state index in [1.165, 1.54) is 0 Å². The minimum Gasteiger partial charge on any atom is -0.479 e. The predicted molar refractivity (Wildman–Crippen MR) is 79.0 cm³/mol. The number of methoxy groups -OCH3 is 1. The lowest BCUT2D eigenvalue weighted by Gasteiger charge is -2.16. The molecule has 0 spiro atoms. The lowest BCUT2D eigenvalue weighted by Crippen LogP contribution is -2.37. The van der Waals surface area contributed by atoms with E-state index in [1.54, 1.807) is 26.2 Å². The highest BCUT2D eigenvalue weighted by molar-refractivity contribution is 6.32. The first-order valence-electron chi connectivity index (χ1n) is 6.44. The summed E-state index contributed by atoms with van der Waals surface area (Å²) in [6.07, 6.45) is -0.634. The van der Waals surface area contributed by atoms with Crippen LogP contribution >= 0.6 is 11.6 Å². The molecule has 3 N–H and O–H groups in total. The van der Waals surface area contributed by atoms with Gasteiger partial charge in [-0.05, 0) is 31.5 Å². The van der Waals surface area contributed by atoms with E-state index in [0.29, 0.717) is 23.9 Å². The Morgan fingerprint density at radius 2 is 2.15 bits per heavy atom. The van der Waals surface area contributed by atoms with E-state index in [-0.39, 0.29) is 11.9 Å². The van der Waals surface area contributed by atoms with Gasteiger partial charge in [0.05, 0.1) is 11.6 Å². The number of benzene rings is 1. The van der Waals surface area contributed by atoms with Crippen LogP contribution in [0.5, 0.6) is 5.75 Å². The van der Waals surface area contributed by atoms with E-state index in [0.717, 1.165) is 5.56 Å². The van der Waals surface area contributed by atoms with Crippen LogP contribution in [-0.4, -0.2) is 32.3 Å². The van der Waals surface area contributed by atoms with Crippen LogP contribution in [0.1, 0.15) is 25.5 Å². The Morgan fingerprint density at radius 1 is 1.45 bits per heavy atom. The van der Waals surface area contributed by atoms with Crippen molar-refractivity contribution >= 4 is 17.5 Å². The third kappa shape index (κ3) is 5.00. The Kier molecular flexibility index (Phi) is 6.78. The molecule has 0 aliphatic heterocycles. The number of hydrogen-bond acceptors (Lipinski definition) is 4. The number of ether oxygens (including phenoxy) is 2. The molecule has 112 valence electrons. The molecule has 6 heteroatoms. The highest BCUT2D eigenvalue weighted by atomic mass is 35.5. The number of hydrogen-bond donors (Lipinski definition) is 2. The molecule has 1 aromatic carbocycles. The molecule has 0 aliphatic carbocycles. The van der Waals surface area contributed by atoms with Gasteiger partial charge < -0.3 is 20.5 Å². The average Bonchev–Trinajstić information content (AvgIpc) is 2.40. The van der Waals surface area contributed by atoms with E-state index >= 15 is 0 Å². The Labute approximate surface area is 124 Å². The van der Waals surface area contributed by atoms with Gasteiger partial charge in [-0.3, -0.25) is 4.79 Å². The summed E-state index contributed by atoms with van der Waals surface area (Å²) < 4.78 is 10.4. The van der Waals surface area contributed by atoms with Gasteiger partial charge >= 0.3 is 0 Å². The van der Waals surface area contributed by atoms with Gasteiger partial charge in [0.25, 0.3) is 5.91 Å². The third-order valence-corrected chi connectivity index (χ3v) is 3.06. The van der Waals surface area contributed by atoms with Crippen LogP contribution in [0.2, 0.25) is 5.02 Å². The summed E-state index contributed by atoms with van der Waals surface area (Å²) in [6.45, 7) is 4.44. The minimum atomic E-state index is -0.634. The molecule has 20 heavy (non-hydrogen) atoms. The van der Waals surface area contributed by atoms with Crippen molar-refractivity contribution in [2.45, 2.75) is 26.0 Å². The van der Waals surface area contributed by atoms with Gasteiger partial charge in [0.1, 0.15) is 5.75 Å². The molecule has 0 fully saturated rings.